The number of aryl methyl sites for hydroxylation is 2. The van der Waals surface area contributed by atoms with E-state index >= 15 is 0 Å². The highest BCUT2D eigenvalue weighted by molar-refractivity contribution is 5.94. The molecule has 1 aromatic heterocycles. The number of anilines is 1. The number of benzene rings is 2. The number of fused-ring (bicyclic) bond motifs is 1. The summed E-state index contributed by atoms with van der Waals surface area (Å²) in [6, 6.07) is 11.3. The van der Waals surface area contributed by atoms with E-state index in [0.29, 0.717) is 42.8 Å². The number of amides is 1. The van der Waals surface area contributed by atoms with Crippen LogP contribution in [-0.4, -0.2) is 64.5 Å². The van der Waals surface area contributed by atoms with Crippen LogP contribution in [0.2, 0.25) is 0 Å². The fraction of sp³-hybridized carbons (Fsp3) is 0.304. The molecule has 2 aromatic carbocycles. The molecule has 1 amide bonds. The Morgan fingerprint density at radius 1 is 0.970 bits per heavy atom. The van der Waals surface area contributed by atoms with Gasteiger partial charge in [0.25, 0.3) is 11.6 Å². The van der Waals surface area contributed by atoms with Gasteiger partial charge in [-0.15, -0.1) is 0 Å². The number of nitro groups is 1. The smallest absolute Gasteiger partial charge is 0.338 e. The van der Waals surface area contributed by atoms with E-state index in [2.05, 4.69) is 14.9 Å². The minimum atomic E-state index is -0.588. The summed E-state index contributed by atoms with van der Waals surface area (Å²) in [6.07, 6.45) is 0. The van der Waals surface area contributed by atoms with Crippen LogP contribution in [0.15, 0.2) is 42.5 Å². The van der Waals surface area contributed by atoms with Crippen LogP contribution in [0.3, 0.4) is 0 Å². The van der Waals surface area contributed by atoms with Crippen molar-refractivity contribution in [2.75, 3.05) is 37.7 Å². The summed E-state index contributed by atoms with van der Waals surface area (Å²) in [4.78, 5) is 47.9. The average molecular weight is 449 g/mol. The number of aromatic nitrogens is 2. The first-order valence-electron chi connectivity index (χ1n) is 10.5. The lowest BCUT2D eigenvalue weighted by Crippen LogP contribution is -2.49. The summed E-state index contributed by atoms with van der Waals surface area (Å²) in [5, 5.41) is 10.8. The van der Waals surface area contributed by atoms with Crippen molar-refractivity contribution in [3.63, 3.8) is 0 Å². The maximum atomic E-state index is 12.5. The molecule has 0 aliphatic carbocycles. The fourth-order valence-corrected chi connectivity index (χ4v) is 3.66. The molecule has 0 bridgehead atoms. The number of carbonyl (C=O) groups is 2. The van der Waals surface area contributed by atoms with Gasteiger partial charge in [-0.1, -0.05) is 0 Å². The van der Waals surface area contributed by atoms with Crippen molar-refractivity contribution < 1.29 is 19.2 Å². The van der Waals surface area contributed by atoms with E-state index in [0.717, 1.165) is 17.1 Å². The van der Waals surface area contributed by atoms with Gasteiger partial charge in [0.1, 0.15) is 0 Å². The Morgan fingerprint density at radius 3 is 2.24 bits per heavy atom. The van der Waals surface area contributed by atoms with Crippen molar-refractivity contribution in [1.82, 2.24) is 14.9 Å². The number of piperazine rings is 1. The Kier molecular flexibility index (Phi) is 6.16. The molecule has 1 saturated heterocycles. The Bertz CT molecular complexity index is 1220. The molecule has 1 aliphatic rings. The van der Waals surface area contributed by atoms with Crippen molar-refractivity contribution in [2.45, 2.75) is 13.8 Å². The van der Waals surface area contributed by atoms with Gasteiger partial charge in [0.2, 0.25) is 0 Å². The number of carbonyl (C=O) groups excluding carboxylic acids is 2. The quantitative estimate of drug-likeness (QED) is 0.331. The summed E-state index contributed by atoms with van der Waals surface area (Å²) in [7, 11) is 0. The van der Waals surface area contributed by atoms with Crippen LogP contribution in [0.25, 0.3) is 11.0 Å². The average Bonchev–Trinajstić information content (AvgIpc) is 2.83. The molecule has 1 fully saturated rings. The highest BCUT2D eigenvalue weighted by Gasteiger charge is 2.23. The molecule has 170 valence electrons. The van der Waals surface area contributed by atoms with Gasteiger partial charge in [0.05, 0.1) is 32.9 Å². The van der Waals surface area contributed by atoms with Crippen molar-refractivity contribution in [1.29, 1.82) is 0 Å². The number of nitrogens with zero attached hydrogens (tertiary/aromatic N) is 5. The maximum absolute atomic E-state index is 12.5. The lowest BCUT2D eigenvalue weighted by Gasteiger charge is -2.36. The predicted octanol–water partition coefficient (Wildman–Crippen LogP) is 2.66. The highest BCUT2D eigenvalue weighted by Crippen LogP contribution is 2.21. The van der Waals surface area contributed by atoms with E-state index in [1.54, 1.807) is 35.2 Å². The van der Waals surface area contributed by atoms with Crippen molar-refractivity contribution in [2.24, 2.45) is 0 Å². The molecular formula is C23H23N5O5. The van der Waals surface area contributed by atoms with E-state index in [9.17, 15) is 19.7 Å². The third-order valence-corrected chi connectivity index (χ3v) is 5.70. The Morgan fingerprint density at radius 2 is 1.61 bits per heavy atom. The van der Waals surface area contributed by atoms with E-state index in [4.69, 9.17) is 4.74 Å². The highest BCUT2D eigenvalue weighted by atomic mass is 16.6. The summed E-state index contributed by atoms with van der Waals surface area (Å²) >= 11 is 0. The third kappa shape index (κ3) is 4.89. The summed E-state index contributed by atoms with van der Waals surface area (Å²) in [5.41, 5.74) is 4.13. The van der Waals surface area contributed by atoms with Crippen molar-refractivity contribution in [3.8, 4) is 0 Å². The Balaban J connectivity index is 1.30. The number of rotatable bonds is 5. The van der Waals surface area contributed by atoms with Crippen molar-refractivity contribution in [3.05, 3.63) is 69.5 Å². The summed E-state index contributed by atoms with van der Waals surface area (Å²) in [5.74, 6) is -0.853. The number of hydrogen-bond donors (Lipinski definition) is 0. The second-order valence-electron chi connectivity index (χ2n) is 7.82. The van der Waals surface area contributed by atoms with Gasteiger partial charge in [-0.3, -0.25) is 14.9 Å². The molecule has 10 heteroatoms. The first-order chi connectivity index (χ1) is 15.8. The fourth-order valence-electron chi connectivity index (χ4n) is 3.66. The minimum Gasteiger partial charge on any atom is -0.452 e. The second-order valence-corrected chi connectivity index (χ2v) is 7.82. The van der Waals surface area contributed by atoms with Crippen LogP contribution < -0.4 is 4.90 Å². The van der Waals surface area contributed by atoms with Crippen LogP contribution in [0, 0.1) is 24.0 Å². The number of ether oxygens (including phenoxy) is 1. The van der Waals surface area contributed by atoms with Crippen LogP contribution in [0.4, 0.5) is 11.4 Å². The molecule has 1 aliphatic heterocycles. The zero-order chi connectivity index (χ0) is 23.5. The molecule has 0 unspecified atom stereocenters. The number of nitro benzene ring substituents is 1. The molecule has 4 rings (SSSR count). The summed E-state index contributed by atoms with van der Waals surface area (Å²) < 4.78 is 5.24. The zero-order valence-corrected chi connectivity index (χ0v) is 18.4. The number of non-ortho nitro benzene ring substituents is 1. The number of esters is 1. The first kappa shape index (κ1) is 22.1. The lowest BCUT2D eigenvalue weighted by atomic mass is 10.2. The second kappa shape index (κ2) is 9.19. The van der Waals surface area contributed by atoms with Crippen molar-refractivity contribution >= 4 is 34.3 Å². The normalized spacial score (nSPS) is 13.8. The summed E-state index contributed by atoms with van der Waals surface area (Å²) in [6.45, 7) is 5.50. The molecule has 0 N–H and O–H groups in total. The van der Waals surface area contributed by atoms with E-state index < -0.39 is 10.9 Å². The molecule has 3 aromatic rings. The lowest BCUT2D eigenvalue weighted by molar-refractivity contribution is -0.384. The largest absolute Gasteiger partial charge is 0.452 e. The van der Waals surface area contributed by atoms with Gasteiger partial charge in [-0.05, 0) is 44.2 Å². The van der Waals surface area contributed by atoms with Gasteiger partial charge in [0.15, 0.2) is 6.61 Å². The molecular weight excluding hydrogens is 426 g/mol. The van der Waals surface area contributed by atoms with E-state index in [1.807, 2.05) is 13.8 Å². The molecule has 0 radical (unpaired) electrons. The van der Waals surface area contributed by atoms with Crippen LogP contribution in [0.5, 0.6) is 0 Å². The predicted molar refractivity (Wildman–Crippen MR) is 121 cm³/mol. The van der Waals surface area contributed by atoms with Gasteiger partial charge >= 0.3 is 5.97 Å². The SMILES string of the molecule is Cc1nc2ccc(C(=O)OCC(=O)N3CCN(c4ccc([N+](=O)[O-])cc4)CC3)cc2nc1C. The molecule has 0 spiro atoms. The molecule has 10 nitrogen and oxygen atoms in total. The number of hydrogen-bond acceptors (Lipinski definition) is 8. The van der Waals surface area contributed by atoms with Gasteiger partial charge in [-0.25, -0.2) is 14.8 Å². The Hall–Kier alpha value is -4.08. The topological polar surface area (TPSA) is 119 Å². The van der Waals surface area contributed by atoms with Crippen LogP contribution in [-0.2, 0) is 9.53 Å². The van der Waals surface area contributed by atoms with Gasteiger partial charge in [-0.2, -0.15) is 0 Å². The first-order valence-corrected chi connectivity index (χ1v) is 10.5. The van der Waals surface area contributed by atoms with E-state index in [1.165, 1.54) is 12.1 Å². The van der Waals surface area contributed by atoms with Gasteiger partial charge < -0.3 is 14.5 Å². The van der Waals surface area contributed by atoms with Crippen LogP contribution in [0.1, 0.15) is 21.7 Å². The molecule has 0 saturated carbocycles. The van der Waals surface area contributed by atoms with Gasteiger partial charge in [0, 0.05) is 44.0 Å². The Labute approximate surface area is 189 Å². The third-order valence-electron chi connectivity index (χ3n) is 5.70. The van der Waals surface area contributed by atoms with E-state index in [-0.39, 0.29) is 18.2 Å². The maximum Gasteiger partial charge on any atom is 0.338 e. The zero-order valence-electron chi connectivity index (χ0n) is 18.4. The molecule has 2 heterocycles. The molecule has 33 heavy (non-hydrogen) atoms. The van der Waals surface area contributed by atoms with Crippen LogP contribution >= 0.6 is 0 Å². The monoisotopic (exact) mass is 449 g/mol. The standard InChI is InChI=1S/C23H23N5O5/c1-15-16(2)25-21-13-17(3-8-20(21)24-15)23(30)33-14-22(29)27-11-9-26(10-12-27)18-4-6-19(7-5-18)28(31)32/h3-8,13H,9-12,14H2,1-2H3. The molecule has 0 atom stereocenters. The minimum absolute atomic E-state index is 0.0399.